The van der Waals surface area contributed by atoms with Crippen molar-refractivity contribution in [3.63, 3.8) is 0 Å². The van der Waals surface area contributed by atoms with E-state index in [1.165, 1.54) is 0 Å². The second-order valence-corrected chi connectivity index (χ2v) is 8.85. The van der Waals surface area contributed by atoms with E-state index in [4.69, 9.17) is 0 Å². The second kappa shape index (κ2) is 10.0. The van der Waals surface area contributed by atoms with E-state index in [9.17, 15) is 9.90 Å². The molecule has 0 spiro atoms. The van der Waals surface area contributed by atoms with Crippen molar-refractivity contribution >= 4 is 34.5 Å². The number of aromatic nitrogens is 4. The molecule has 35 heavy (non-hydrogen) atoms. The normalized spacial score (nSPS) is 14.3. The average molecular weight is 472 g/mol. The van der Waals surface area contributed by atoms with E-state index in [1.54, 1.807) is 12.1 Å². The van der Waals surface area contributed by atoms with Gasteiger partial charge in [-0.15, -0.1) is 10.2 Å². The van der Waals surface area contributed by atoms with Gasteiger partial charge in [0.1, 0.15) is 5.75 Å². The number of para-hydroxylation sites is 2. The van der Waals surface area contributed by atoms with Crippen LogP contribution >= 0.6 is 0 Å². The fourth-order valence-corrected chi connectivity index (χ4v) is 4.44. The summed E-state index contributed by atoms with van der Waals surface area (Å²) in [5, 5.41) is 24.4. The van der Waals surface area contributed by atoms with Gasteiger partial charge < -0.3 is 25.2 Å². The summed E-state index contributed by atoms with van der Waals surface area (Å²) in [4.78, 5) is 19.4. The number of piperidine rings is 1. The number of phenolic OH excluding ortho intramolecular Hbond substituents is 1. The molecule has 0 unspecified atom stereocenters. The fourth-order valence-electron chi connectivity index (χ4n) is 4.44. The van der Waals surface area contributed by atoms with Gasteiger partial charge in [0, 0.05) is 32.6 Å². The molecule has 180 valence electrons. The van der Waals surface area contributed by atoms with E-state index in [1.807, 2.05) is 60.1 Å². The molecule has 2 aromatic carbocycles. The number of imidazole rings is 1. The minimum Gasteiger partial charge on any atom is -0.508 e. The number of nitrogens with zero attached hydrogens (tertiary/aromatic N) is 5. The summed E-state index contributed by atoms with van der Waals surface area (Å²) < 4.78 is 1.99. The van der Waals surface area contributed by atoms with E-state index >= 15 is 0 Å². The third kappa shape index (κ3) is 5.18. The van der Waals surface area contributed by atoms with Crippen LogP contribution in [0.2, 0.25) is 0 Å². The molecule has 0 saturated carbocycles. The van der Waals surface area contributed by atoms with Crippen LogP contribution in [-0.2, 0) is 18.3 Å². The van der Waals surface area contributed by atoms with Gasteiger partial charge in [-0.25, -0.2) is 4.98 Å². The lowest BCUT2D eigenvalue weighted by Crippen LogP contribution is -2.41. The first kappa shape index (κ1) is 22.6. The molecular formula is C26H29N7O2. The number of carbonyl (C=O) groups excluding carboxylic acids is 1. The van der Waals surface area contributed by atoms with Crippen molar-refractivity contribution in [2.45, 2.75) is 19.3 Å². The largest absolute Gasteiger partial charge is 0.508 e. The van der Waals surface area contributed by atoms with Crippen LogP contribution in [0.5, 0.6) is 5.75 Å². The molecule has 0 aliphatic carbocycles. The second-order valence-electron chi connectivity index (χ2n) is 8.85. The highest BCUT2D eigenvalue weighted by Gasteiger charge is 2.25. The highest BCUT2D eigenvalue weighted by molar-refractivity contribution is 5.79. The number of hydrogen-bond acceptors (Lipinski definition) is 7. The summed E-state index contributed by atoms with van der Waals surface area (Å²) >= 11 is 0. The zero-order chi connectivity index (χ0) is 24.2. The third-order valence-electron chi connectivity index (χ3n) is 6.52. The van der Waals surface area contributed by atoms with Gasteiger partial charge >= 0.3 is 0 Å². The quantitative estimate of drug-likeness (QED) is 0.379. The Hall–Kier alpha value is -4.14. The molecule has 1 aliphatic heterocycles. The van der Waals surface area contributed by atoms with Crippen LogP contribution < -0.4 is 15.5 Å². The van der Waals surface area contributed by atoms with Crippen LogP contribution in [0.4, 0.5) is 17.6 Å². The molecule has 5 rings (SSSR count). The minimum atomic E-state index is 0.0116. The number of hydrogen-bond donors (Lipinski definition) is 3. The molecular weight excluding hydrogens is 442 g/mol. The molecule has 9 heteroatoms. The van der Waals surface area contributed by atoms with Crippen molar-refractivity contribution in [2.75, 3.05) is 29.9 Å². The van der Waals surface area contributed by atoms with Crippen molar-refractivity contribution in [3.05, 3.63) is 66.2 Å². The molecule has 2 aromatic heterocycles. The number of carbonyl (C=O) groups is 1. The Morgan fingerprint density at radius 3 is 2.51 bits per heavy atom. The maximum absolute atomic E-state index is 12.6. The Labute approximate surface area is 203 Å². The maximum Gasteiger partial charge on any atom is 0.223 e. The molecule has 3 N–H and O–H groups in total. The number of amides is 1. The number of aryl methyl sites for hydroxylation is 1. The van der Waals surface area contributed by atoms with Gasteiger partial charge in [-0.3, -0.25) is 4.79 Å². The molecule has 1 amide bonds. The Kier molecular flexibility index (Phi) is 6.47. The van der Waals surface area contributed by atoms with E-state index in [2.05, 4.69) is 30.7 Å². The van der Waals surface area contributed by atoms with Crippen molar-refractivity contribution in [1.82, 2.24) is 25.1 Å². The van der Waals surface area contributed by atoms with Crippen molar-refractivity contribution in [1.29, 1.82) is 0 Å². The molecule has 1 saturated heterocycles. The van der Waals surface area contributed by atoms with Gasteiger partial charge in [-0.05, 0) is 61.2 Å². The zero-order valence-electron chi connectivity index (χ0n) is 19.7. The molecule has 0 bridgehead atoms. The number of aromatic hydroxyl groups is 1. The SMILES string of the molecule is Cn1c(Nc2ccc(N3CCC(C(=O)NCCc4ccc(O)cc4)CC3)nn2)nc2ccccc21. The van der Waals surface area contributed by atoms with Crippen LogP contribution in [0.3, 0.4) is 0 Å². The lowest BCUT2D eigenvalue weighted by atomic mass is 9.96. The lowest BCUT2D eigenvalue weighted by molar-refractivity contribution is -0.125. The number of benzene rings is 2. The smallest absolute Gasteiger partial charge is 0.223 e. The van der Waals surface area contributed by atoms with E-state index < -0.39 is 0 Å². The number of anilines is 3. The first-order chi connectivity index (χ1) is 17.1. The Morgan fingerprint density at radius 2 is 1.80 bits per heavy atom. The van der Waals surface area contributed by atoms with Gasteiger partial charge in [0.25, 0.3) is 0 Å². The zero-order valence-corrected chi connectivity index (χ0v) is 19.7. The topological polar surface area (TPSA) is 108 Å². The van der Waals surface area contributed by atoms with Crippen LogP contribution in [0, 0.1) is 5.92 Å². The van der Waals surface area contributed by atoms with Gasteiger partial charge in [0.15, 0.2) is 11.6 Å². The average Bonchev–Trinajstić information content (AvgIpc) is 3.21. The Bertz CT molecular complexity index is 1290. The maximum atomic E-state index is 12.6. The number of phenols is 1. The summed E-state index contributed by atoms with van der Waals surface area (Å²) in [5.41, 5.74) is 3.06. The molecule has 1 fully saturated rings. The molecule has 0 atom stereocenters. The summed E-state index contributed by atoms with van der Waals surface area (Å²) in [5.74, 6) is 2.53. The highest BCUT2D eigenvalue weighted by Crippen LogP contribution is 2.24. The molecule has 1 aliphatic rings. The van der Waals surface area contributed by atoms with Crippen LogP contribution in [0.25, 0.3) is 11.0 Å². The highest BCUT2D eigenvalue weighted by atomic mass is 16.3. The number of rotatable bonds is 7. The van der Waals surface area contributed by atoms with Crippen molar-refractivity contribution in [2.24, 2.45) is 13.0 Å². The first-order valence-corrected chi connectivity index (χ1v) is 11.9. The summed E-state index contributed by atoms with van der Waals surface area (Å²) in [6.07, 6.45) is 2.31. The summed E-state index contributed by atoms with van der Waals surface area (Å²) in [6.45, 7) is 2.12. The monoisotopic (exact) mass is 471 g/mol. The fraction of sp³-hybridized carbons (Fsp3) is 0.308. The van der Waals surface area contributed by atoms with Crippen LogP contribution in [0.1, 0.15) is 18.4 Å². The van der Waals surface area contributed by atoms with Gasteiger partial charge in [-0.1, -0.05) is 24.3 Å². The summed E-state index contributed by atoms with van der Waals surface area (Å²) in [7, 11) is 1.97. The number of fused-ring (bicyclic) bond motifs is 1. The summed E-state index contributed by atoms with van der Waals surface area (Å²) in [6, 6.07) is 18.9. The standard InChI is InChI=1S/C26H29N7O2/c1-32-22-5-3-2-4-21(22)28-26(32)29-23-10-11-24(31-30-23)33-16-13-19(14-17-33)25(35)27-15-12-18-6-8-20(34)9-7-18/h2-11,19,34H,12-17H2,1H3,(H,27,35)(H,28,29,30). The molecule has 9 nitrogen and oxygen atoms in total. The Morgan fingerprint density at radius 1 is 1.03 bits per heavy atom. The van der Waals surface area contributed by atoms with Crippen LogP contribution in [0.15, 0.2) is 60.7 Å². The number of nitrogens with one attached hydrogen (secondary N) is 2. The van der Waals surface area contributed by atoms with Gasteiger partial charge in [-0.2, -0.15) is 0 Å². The molecule has 3 heterocycles. The van der Waals surface area contributed by atoms with Gasteiger partial charge in [0.2, 0.25) is 11.9 Å². The van der Waals surface area contributed by atoms with Crippen molar-refractivity contribution in [3.8, 4) is 5.75 Å². The van der Waals surface area contributed by atoms with E-state index in [-0.39, 0.29) is 17.6 Å². The lowest BCUT2D eigenvalue weighted by Gasteiger charge is -2.31. The molecule has 0 radical (unpaired) electrons. The predicted molar refractivity (Wildman–Crippen MR) is 136 cm³/mol. The van der Waals surface area contributed by atoms with E-state index in [0.717, 1.165) is 54.8 Å². The predicted octanol–water partition coefficient (Wildman–Crippen LogP) is 3.39. The minimum absolute atomic E-state index is 0.0116. The van der Waals surface area contributed by atoms with Crippen LogP contribution in [-0.4, -0.2) is 50.4 Å². The van der Waals surface area contributed by atoms with Gasteiger partial charge in [0.05, 0.1) is 11.0 Å². The third-order valence-corrected chi connectivity index (χ3v) is 6.52. The molecule has 4 aromatic rings. The first-order valence-electron chi connectivity index (χ1n) is 11.9. The Balaban J connectivity index is 1.10. The van der Waals surface area contributed by atoms with Crippen molar-refractivity contribution < 1.29 is 9.90 Å². The van der Waals surface area contributed by atoms with E-state index in [0.29, 0.717) is 18.3 Å².